The van der Waals surface area contributed by atoms with E-state index in [0.717, 1.165) is 36.8 Å². The minimum atomic E-state index is -0.326. The Morgan fingerprint density at radius 1 is 1.15 bits per heavy atom. The molecule has 0 saturated carbocycles. The molecule has 0 bridgehead atoms. The highest BCUT2D eigenvalue weighted by Crippen LogP contribution is 2.23. The summed E-state index contributed by atoms with van der Waals surface area (Å²) < 4.78 is 0. The molecule has 2 heteroatoms. The van der Waals surface area contributed by atoms with Crippen LogP contribution < -0.4 is 0 Å². The molecule has 0 radical (unpaired) electrons. The lowest BCUT2D eigenvalue weighted by Crippen LogP contribution is -2.39. The van der Waals surface area contributed by atoms with E-state index >= 15 is 0 Å². The number of aliphatic hydroxyl groups is 1. The maximum atomic E-state index is 10.3. The topological polar surface area (TPSA) is 23.5 Å². The van der Waals surface area contributed by atoms with Crippen molar-refractivity contribution in [2.45, 2.75) is 46.1 Å². The summed E-state index contributed by atoms with van der Waals surface area (Å²) >= 11 is 0. The van der Waals surface area contributed by atoms with Crippen LogP contribution in [0.3, 0.4) is 0 Å². The van der Waals surface area contributed by atoms with Crippen molar-refractivity contribution in [3.63, 3.8) is 0 Å². The fraction of sp³-hybridized carbons (Fsp3) is 0.667. The molecule has 2 rings (SSSR count). The number of rotatable bonds is 5. The molecule has 3 atom stereocenters. The SMILES string of the molecule is CCc1ccc(C(O)CCN2CC(C)CC(C)C2)cc1. The number of piperidine rings is 1. The molecule has 0 aliphatic carbocycles. The first kappa shape index (κ1) is 15.5. The highest BCUT2D eigenvalue weighted by Gasteiger charge is 2.22. The molecule has 0 aromatic heterocycles. The molecule has 1 saturated heterocycles. The minimum Gasteiger partial charge on any atom is -0.388 e. The van der Waals surface area contributed by atoms with E-state index < -0.39 is 0 Å². The highest BCUT2D eigenvalue weighted by molar-refractivity contribution is 5.24. The van der Waals surface area contributed by atoms with Crippen molar-refractivity contribution in [2.75, 3.05) is 19.6 Å². The number of benzene rings is 1. The van der Waals surface area contributed by atoms with Gasteiger partial charge in [-0.1, -0.05) is 45.0 Å². The predicted molar refractivity (Wildman–Crippen MR) is 84.8 cm³/mol. The standard InChI is InChI=1S/C18H29NO/c1-4-16-5-7-17(8-6-16)18(20)9-10-19-12-14(2)11-15(3)13-19/h5-8,14-15,18,20H,4,9-13H2,1-3H3. The van der Waals surface area contributed by atoms with Gasteiger partial charge in [-0.25, -0.2) is 0 Å². The van der Waals surface area contributed by atoms with E-state index in [-0.39, 0.29) is 6.10 Å². The van der Waals surface area contributed by atoms with Crippen LogP contribution in [-0.4, -0.2) is 29.6 Å². The summed E-state index contributed by atoms with van der Waals surface area (Å²) in [5, 5.41) is 10.3. The van der Waals surface area contributed by atoms with E-state index in [2.05, 4.69) is 49.9 Å². The summed E-state index contributed by atoms with van der Waals surface area (Å²) in [5.74, 6) is 1.58. The third kappa shape index (κ3) is 4.32. The summed E-state index contributed by atoms with van der Waals surface area (Å²) in [6.07, 6.45) is 2.91. The van der Waals surface area contributed by atoms with Gasteiger partial charge in [0, 0.05) is 19.6 Å². The van der Waals surface area contributed by atoms with Crippen LogP contribution in [0.4, 0.5) is 0 Å². The number of likely N-dealkylation sites (tertiary alicyclic amines) is 1. The maximum Gasteiger partial charge on any atom is 0.0802 e. The van der Waals surface area contributed by atoms with Gasteiger partial charge in [-0.3, -0.25) is 0 Å². The predicted octanol–water partition coefficient (Wildman–Crippen LogP) is 3.65. The average molecular weight is 275 g/mol. The number of hydrogen-bond donors (Lipinski definition) is 1. The second-order valence-corrected chi connectivity index (χ2v) is 6.61. The Morgan fingerprint density at radius 3 is 2.30 bits per heavy atom. The summed E-state index contributed by atoms with van der Waals surface area (Å²) in [5.41, 5.74) is 2.39. The van der Waals surface area contributed by atoms with Crippen LogP contribution in [0.25, 0.3) is 0 Å². The van der Waals surface area contributed by atoms with E-state index in [4.69, 9.17) is 0 Å². The van der Waals surface area contributed by atoms with Crippen molar-refractivity contribution >= 4 is 0 Å². The second-order valence-electron chi connectivity index (χ2n) is 6.61. The Labute approximate surface area is 123 Å². The van der Waals surface area contributed by atoms with Crippen LogP contribution in [0.1, 0.15) is 50.8 Å². The fourth-order valence-electron chi connectivity index (χ4n) is 3.42. The lowest BCUT2D eigenvalue weighted by atomic mass is 9.91. The van der Waals surface area contributed by atoms with Crippen molar-refractivity contribution in [3.8, 4) is 0 Å². The van der Waals surface area contributed by atoms with Crippen molar-refractivity contribution in [1.29, 1.82) is 0 Å². The monoisotopic (exact) mass is 275 g/mol. The lowest BCUT2D eigenvalue weighted by molar-refractivity contribution is 0.103. The minimum absolute atomic E-state index is 0.326. The largest absolute Gasteiger partial charge is 0.388 e. The normalized spacial score (nSPS) is 25.6. The van der Waals surface area contributed by atoms with Gasteiger partial charge in [0.2, 0.25) is 0 Å². The summed E-state index contributed by atoms with van der Waals surface area (Å²) in [6.45, 7) is 10.2. The highest BCUT2D eigenvalue weighted by atomic mass is 16.3. The summed E-state index contributed by atoms with van der Waals surface area (Å²) in [4.78, 5) is 2.52. The first-order chi connectivity index (χ1) is 9.58. The van der Waals surface area contributed by atoms with E-state index in [1.807, 2.05) is 0 Å². The van der Waals surface area contributed by atoms with Crippen LogP contribution in [0.15, 0.2) is 24.3 Å². The fourth-order valence-corrected chi connectivity index (χ4v) is 3.42. The van der Waals surface area contributed by atoms with Gasteiger partial charge in [-0.05, 0) is 42.2 Å². The van der Waals surface area contributed by atoms with Gasteiger partial charge in [-0.15, -0.1) is 0 Å². The molecule has 112 valence electrons. The molecule has 1 aromatic carbocycles. The Kier molecular flexibility index (Phi) is 5.62. The van der Waals surface area contributed by atoms with Crippen LogP contribution >= 0.6 is 0 Å². The second kappa shape index (κ2) is 7.24. The lowest BCUT2D eigenvalue weighted by Gasteiger charge is -2.35. The van der Waals surface area contributed by atoms with Gasteiger partial charge < -0.3 is 10.0 Å². The molecule has 3 unspecified atom stereocenters. The van der Waals surface area contributed by atoms with Crippen molar-refractivity contribution < 1.29 is 5.11 Å². The quantitative estimate of drug-likeness (QED) is 0.886. The summed E-state index contributed by atoms with van der Waals surface area (Å²) in [6, 6.07) is 8.41. The van der Waals surface area contributed by atoms with Crippen LogP contribution in [-0.2, 0) is 6.42 Å². The number of aliphatic hydroxyl groups excluding tert-OH is 1. The van der Waals surface area contributed by atoms with E-state index in [0.29, 0.717) is 0 Å². The van der Waals surface area contributed by atoms with Gasteiger partial charge in [0.1, 0.15) is 0 Å². The maximum absolute atomic E-state index is 10.3. The zero-order valence-corrected chi connectivity index (χ0v) is 13.2. The molecular formula is C18H29NO. The molecule has 20 heavy (non-hydrogen) atoms. The Bertz CT molecular complexity index is 390. The van der Waals surface area contributed by atoms with Gasteiger partial charge in [0.15, 0.2) is 0 Å². The third-order valence-corrected chi connectivity index (χ3v) is 4.44. The molecule has 1 heterocycles. The molecule has 2 nitrogen and oxygen atoms in total. The zero-order chi connectivity index (χ0) is 14.5. The van der Waals surface area contributed by atoms with Crippen molar-refractivity contribution in [1.82, 2.24) is 4.90 Å². The average Bonchev–Trinajstić information content (AvgIpc) is 2.44. The van der Waals surface area contributed by atoms with E-state index in [1.54, 1.807) is 0 Å². The molecule has 1 aliphatic rings. The molecule has 0 amide bonds. The zero-order valence-electron chi connectivity index (χ0n) is 13.2. The summed E-state index contributed by atoms with van der Waals surface area (Å²) in [7, 11) is 0. The van der Waals surface area contributed by atoms with Crippen LogP contribution in [0.2, 0.25) is 0 Å². The van der Waals surface area contributed by atoms with Gasteiger partial charge >= 0.3 is 0 Å². The first-order valence-corrected chi connectivity index (χ1v) is 8.07. The smallest absolute Gasteiger partial charge is 0.0802 e. The molecule has 1 N–H and O–H groups in total. The number of hydrogen-bond acceptors (Lipinski definition) is 2. The molecule has 1 fully saturated rings. The molecular weight excluding hydrogens is 246 g/mol. The van der Waals surface area contributed by atoms with Gasteiger partial charge in [0.25, 0.3) is 0 Å². The molecule has 1 aromatic rings. The number of nitrogens with zero attached hydrogens (tertiary/aromatic N) is 1. The van der Waals surface area contributed by atoms with E-state index in [1.165, 1.54) is 25.1 Å². The van der Waals surface area contributed by atoms with Crippen molar-refractivity contribution in [3.05, 3.63) is 35.4 Å². The molecule has 1 aliphatic heterocycles. The van der Waals surface area contributed by atoms with Crippen LogP contribution in [0.5, 0.6) is 0 Å². The third-order valence-electron chi connectivity index (χ3n) is 4.44. The van der Waals surface area contributed by atoms with E-state index in [9.17, 15) is 5.11 Å². The Balaban J connectivity index is 1.83. The number of aryl methyl sites for hydroxylation is 1. The van der Waals surface area contributed by atoms with Gasteiger partial charge in [-0.2, -0.15) is 0 Å². The molecule has 0 spiro atoms. The van der Waals surface area contributed by atoms with Crippen LogP contribution in [0, 0.1) is 11.8 Å². The first-order valence-electron chi connectivity index (χ1n) is 8.07. The van der Waals surface area contributed by atoms with Gasteiger partial charge in [0.05, 0.1) is 6.10 Å². The Hall–Kier alpha value is -0.860. The Morgan fingerprint density at radius 2 is 1.75 bits per heavy atom. The van der Waals surface area contributed by atoms with Crippen molar-refractivity contribution in [2.24, 2.45) is 11.8 Å².